The number of aryl methyl sites for hydroxylation is 1. The number of hydrogen-bond donors (Lipinski definition) is 1. The number of nitrogens with zero attached hydrogens (tertiary/aromatic N) is 4. The minimum absolute atomic E-state index is 0.106. The second-order valence-corrected chi connectivity index (χ2v) is 7.92. The van der Waals surface area contributed by atoms with E-state index in [0.29, 0.717) is 25.6 Å². The number of likely N-dealkylation sites (tertiary alicyclic amines) is 1. The molecule has 0 atom stereocenters. The van der Waals surface area contributed by atoms with Gasteiger partial charge in [0.1, 0.15) is 11.4 Å². The van der Waals surface area contributed by atoms with E-state index in [1.807, 2.05) is 16.7 Å². The van der Waals surface area contributed by atoms with Gasteiger partial charge in [0.25, 0.3) is 0 Å². The van der Waals surface area contributed by atoms with Crippen LogP contribution in [0.25, 0.3) is 0 Å². The van der Waals surface area contributed by atoms with E-state index in [4.69, 9.17) is 4.52 Å². The predicted molar refractivity (Wildman–Crippen MR) is 101 cm³/mol. The lowest BCUT2D eigenvalue weighted by Crippen LogP contribution is -2.52. The number of carbonyl (C=O) groups excluding carboxylic acids is 2. The zero-order valence-corrected chi connectivity index (χ0v) is 16.1. The average molecular weight is 375 g/mol. The largest absolute Gasteiger partial charge is 0.359 e. The van der Waals surface area contributed by atoms with E-state index in [0.717, 1.165) is 69.0 Å². The number of urea groups is 1. The summed E-state index contributed by atoms with van der Waals surface area (Å²) in [5.74, 6) is 1.44. The highest BCUT2D eigenvalue weighted by atomic mass is 16.5. The molecule has 4 rings (SSSR count). The quantitative estimate of drug-likeness (QED) is 0.871. The Morgan fingerprint density at radius 3 is 2.41 bits per heavy atom. The molecule has 3 aliphatic rings. The van der Waals surface area contributed by atoms with E-state index in [-0.39, 0.29) is 11.9 Å². The van der Waals surface area contributed by atoms with Crippen LogP contribution >= 0.6 is 0 Å². The zero-order chi connectivity index (χ0) is 18.8. The molecule has 0 bridgehead atoms. The predicted octanol–water partition coefficient (Wildman–Crippen LogP) is 2.02. The molecule has 1 N–H and O–H groups in total. The fraction of sp³-hybridized carbons (Fsp3) is 0.737. The fourth-order valence-electron chi connectivity index (χ4n) is 3.89. The lowest BCUT2D eigenvalue weighted by Gasteiger charge is -2.36. The molecule has 8 heteroatoms. The summed E-state index contributed by atoms with van der Waals surface area (Å²) in [6.45, 7) is 6.81. The smallest absolute Gasteiger partial charge is 0.322 e. The van der Waals surface area contributed by atoms with Crippen LogP contribution in [0.15, 0.2) is 4.52 Å². The fourth-order valence-corrected chi connectivity index (χ4v) is 3.89. The molecule has 3 heterocycles. The van der Waals surface area contributed by atoms with Crippen molar-refractivity contribution in [2.24, 2.45) is 0 Å². The minimum atomic E-state index is -0.106. The molecule has 0 aromatic carbocycles. The van der Waals surface area contributed by atoms with Gasteiger partial charge in [0.15, 0.2) is 5.76 Å². The molecule has 1 saturated carbocycles. The van der Waals surface area contributed by atoms with Crippen molar-refractivity contribution in [1.82, 2.24) is 19.9 Å². The van der Waals surface area contributed by atoms with Crippen LogP contribution in [0.3, 0.4) is 0 Å². The summed E-state index contributed by atoms with van der Waals surface area (Å²) >= 11 is 0. The third-order valence-electron chi connectivity index (χ3n) is 5.80. The molecule has 3 amide bonds. The summed E-state index contributed by atoms with van der Waals surface area (Å²) in [5, 5.41) is 7.00. The highest BCUT2D eigenvalue weighted by Crippen LogP contribution is 2.44. The van der Waals surface area contributed by atoms with Crippen molar-refractivity contribution in [2.75, 3.05) is 51.1 Å². The van der Waals surface area contributed by atoms with Crippen LogP contribution in [0.4, 0.5) is 10.5 Å². The first kappa shape index (κ1) is 18.3. The van der Waals surface area contributed by atoms with Crippen molar-refractivity contribution in [2.45, 2.75) is 44.9 Å². The number of carbonyl (C=O) groups is 2. The first-order chi connectivity index (χ1) is 13.1. The topological polar surface area (TPSA) is 81.9 Å². The Balaban J connectivity index is 1.26. The molecule has 1 aliphatic carbocycles. The van der Waals surface area contributed by atoms with Gasteiger partial charge in [-0.25, -0.2) is 4.79 Å². The molecule has 3 fully saturated rings. The highest BCUT2D eigenvalue weighted by Gasteiger charge is 2.33. The van der Waals surface area contributed by atoms with E-state index in [1.165, 1.54) is 6.42 Å². The standard InChI is InChI=1S/C19H29N5O3/c1-14-17(18(27-21-14)15-5-6-15)20-19(26)24-11-9-22(10-12-24)13-16(25)23-7-3-2-4-8-23/h15H,2-13H2,1H3,(H,20,26). The normalized spacial score (nSPS) is 21.4. The van der Waals surface area contributed by atoms with Crippen LogP contribution in [0.1, 0.15) is 49.5 Å². The van der Waals surface area contributed by atoms with E-state index < -0.39 is 0 Å². The van der Waals surface area contributed by atoms with E-state index in [1.54, 1.807) is 0 Å². The first-order valence-electron chi connectivity index (χ1n) is 10.1. The summed E-state index contributed by atoms with van der Waals surface area (Å²) in [6, 6.07) is -0.106. The monoisotopic (exact) mass is 375 g/mol. The Morgan fingerprint density at radius 2 is 1.74 bits per heavy atom. The number of piperazine rings is 1. The zero-order valence-electron chi connectivity index (χ0n) is 16.1. The van der Waals surface area contributed by atoms with E-state index in [2.05, 4.69) is 15.4 Å². The maximum Gasteiger partial charge on any atom is 0.322 e. The molecule has 0 unspecified atom stereocenters. The summed E-state index contributed by atoms with van der Waals surface area (Å²) in [6.07, 6.45) is 5.66. The molecule has 2 saturated heterocycles. The van der Waals surface area contributed by atoms with Gasteiger partial charge in [-0.05, 0) is 39.0 Å². The SMILES string of the molecule is Cc1noc(C2CC2)c1NC(=O)N1CCN(CC(=O)N2CCCCC2)CC1. The van der Waals surface area contributed by atoms with Crippen LogP contribution in [0.5, 0.6) is 0 Å². The van der Waals surface area contributed by atoms with Crippen LogP contribution in [-0.2, 0) is 4.79 Å². The second kappa shape index (κ2) is 7.88. The second-order valence-electron chi connectivity index (χ2n) is 7.92. The van der Waals surface area contributed by atoms with Crippen molar-refractivity contribution in [3.05, 3.63) is 11.5 Å². The van der Waals surface area contributed by atoms with E-state index in [9.17, 15) is 9.59 Å². The van der Waals surface area contributed by atoms with Gasteiger partial charge < -0.3 is 19.6 Å². The number of aromatic nitrogens is 1. The van der Waals surface area contributed by atoms with Crippen LogP contribution in [0, 0.1) is 6.92 Å². The minimum Gasteiger partial charge on any atom is -0.359 e. The number of nitrogens with one attached hydrogen (secondary N) is 1. The molecule has 0 radical (unpaired) electrons. The molecule has 8 nitrogen and oxygen atoms in total. The maximum atomic E-state index is 12.6. The van der Waals surface area contributed by atoms with Gasteiger partial charge in [-0.15, -0.1) is 0 Å². The Kier molecular flexibility index (Phi) is 5.33. The molecular weight excluding hydrogens is 346 g/mol. The molecular formula is C19H29N5O3. The van der Waals surface area contributed by atoms with Crippen LogP contribution < -0.4 is 5.32 Å². The van der Waals surface area contributed by atoms with Gasteiger partial charge in [0.05, 0.1) is 6.54 Å². The van der Waals surface area contributed by atoms with Crippen molar-refractivity contribution in [3.63, 3.8) is 0 Å². The highest BCUT2D eigenvalue weighted by molar-refractivity contribution is 5.90. The molecule has 27 heavy (non-hydrogen) atoms. The first-order valence-corrected chi connectivity index (χ1v) is 10.1. The van der Waals surface area contributed by atoms with Gasteiger partial charge in [-0.3, -0.25) is 9.69 Å². The Hall–Kier alpha value is -2.09. The van der Waals surface area contributed by atoms with E-state index >= 15 is 0 Å². The number of piperidine rings is 1. The number of hydrogen-bond acceptors (Lipinski definition) is 5. The van der Waals surface area contributed by atoms with Gasteiger partial charge >= 0.3 is 6.03 Å². The summed E-state index contributed by atoms with van der Waals surface area (Å²) in [4.78, 5) is 31.0. The summed E-state index contributed by atoms with van der Waals surface area (Å²) in [5.41, 5.74) is 1.47. The van der Waals surface area contributed by atoms with Crippen molar-refractivity contribution < 1.29 is 14.1 Å². The van der Waals surface area contributed by atoms with Gasteiger partial charge in [0, 0.05) is 45.2 Å². The lowest BCUT2D eigenvalue weighted by atomic mass is 10.1. The summed E-state index contributed by atoms with van der Waals surface area (Å²) < 4.78 is 5.39. The maximum absolute atomic E-state index is 12.6. The summed E-state index contributed by atoms with van der Waals surface area (Å²) in [7, 11) is 0. The Labute approximate surface area is 159 Å². The molecule has 1 aromatic rings. The van der Waals surface area contributed by atoms with Crippen LogP contribution in [0.2, 0.25) is 0 Å². The number of rotatable bonds is 4. The average Bonchev–Trinajstić information content (AvgIpc) is 3.47. The third-order valence-corrected chi connectivity index (χ3v) is 5.80. The Bertz CT molecular complexity index is 686. The molecule has 2 aliphatic heterocycles. The Morgan fingerprint density at radius 1 is 1.04 bits per heavy atom. The van der Waals surface area contributed by atoms with Crippen LogP contribution in [-0.4, -0.2) is 77.6 Å². The number of anilines is 1. The van der Waals surface area contributed by atoms with Gasteiger partial charge in [0.2, 0.25) is 5.91 Å². The van der Waals surface area contributed by atoms with Gasteiger partial charge in [-0.1, -0.05) is 5.16 Å². The van der Waals surface area contributed by atoms with Gasteiger partial charge in [-0.2, -0.15) is 0 Å². The molecule has 1 aromatic heterocycles. The lowest BCUT2D eigenvalue weighted by molar-refractivity contribution is -0.133. The van der Waals surface area contributed by atoms with Crippen molar-refractivity contribution >= 4 is 17.6 Å². The van der Waals surface area contributed by atoms with Crippen molar-refractivity contribution in [3.8, 4) is 0 Å². The molecule has 0 spiro atoms. The van der Waals surface area contributed by atoms with Crippen molar-refractivity contribution in [1.29, 1.82) is 0 Å². The third kappa shape index (κ3) is 4.26. The molecule has 148 valence electrons. The number of amides is 3.